The van der Waals surface area contributed by atoms with Crippen LogP contribution in [-0.4, -0.2) is 42.1 Å². The number of halogens is 1. The van der Waals surface area contributed by atoms with Crippen LogP contribution in [0.2, 0.25) is 0 Å². The van der Waals surface area contributed by atoms with Gasteiger partial charge in [-0.3, -0.25) is 4.99 Å². The summed E-state index contributed by atoms with van der Waals surface area (Å²) in [6, 6.07) is 0. The second-order valence-electron chi connectivity index (χ2n) is 6.60. The van der Waals surface area contributed by atoms with Crippen molar-refractivity contribution in [2.24, 2.45) is 4.99 Å². The monoisotopic (exact) mass is 482 g/mol. The third-order valence-corrected chi connectivity index (χ3v) is 6.67. The number of aromatic nitrogens is 1. The van der Waals surface area contributed by atoms with Gasteiger partial charge in [-0.25, -0.2) is 4.98 Å². The first-order valence-corrected chi connectivity index (χ1v) is 10.6. The molecule has 2 rings (SSSR count). The Labute approximate surface area is 172 Å². The van der Waals surface area contributed by atoms with Gasteiger partial charge in [0.25, 0.3) is 0 Å². The molecular formula is C17H31IN4S2. The van der Waals surface area contributed by atoms with Crippen molar-refractivity contribution in [2.75, 3.05) is 26.4 Å². The molecule has 0 aliphatic heterocycles. The Kier molecular flexibility index (Phi) is 9.96. The molecule has 4 nitrogen and oxygen atoms in total. The van der Waals surface area contributed by atoms with Gasteiger partial charge < -0.3 is 10.6 Å². The van der Waals surface area contributed by atoms with Crippen molar-refractivity contribution in [1.82, 2.24) is 15.6 Å². The molecule has 0 aromatic carbocycles. The number of aliphatic imine (C=N–C) groups is 1. The van der Waals surface area contributed by atoms with Gasteiger partial charge in [0.1, 0.15) is 0 Å². The Balaban J connectivity index is 0.00000288. The van der Waals surface area contributed by atoms with Crippen LogP contribution in [0.5, 0.6) is 0 Å². The zero-order valence-corrected chi connectivity index (χ0v) is 19.2. The number of hydrogen-bond donors (Lipinski definition) is 2. The molecule has 0 saturated carbocycles. The van der Waals surface area contributed by atoms with Gasteiger partial charge in [-0.1, -0.05) is 0 Å². The van der Waals surface area contributed by atoms with Crippen LogP contribution in [0.4, 0.5) is 0 Å². The number of hydrogen-bond acceptors (Lipinski definition) is 4. The number of rotatable bonds is 7. The molecule has 0 bridgehead atoms. The molecule has 138 valence electrons. The summed E-state index contributed by atoms with van der Waals surface area (Å²) in [6.45, 7) is 6.32. The van der Waals surface area contributed by atoms with E-state index in [0.717, 1.165) is 31.9 Å². The molecule has 0 spiro atoms. The number of nitrogens with one attached hydrogen (secondary N) is 2. The lowest BCUT2D eigenvalue weighted by Crippen LogP contribution is -2.43. The topological polar surface area (TPSA) is 49.3 Å². The zero-order valence-electron chi connectivity index (χ0n) is 15.3. The summed E-state index contributed by atoms with van der Waals surface area (Å²) >= 11 is 3.79. The van der Waals surface area contributed by atoms with Crippen molar-refractivity contribution in [1.29, 1.82) is 0 Å². The van der Waals surface area contributed by atoms with Gasteiger partial charge in [-0.15, -0.1) is 35.3 Å². The first-order chi connectivity index (χ1) is 11.0. The molecule has 1 aliphatic carbocycles. The smallest absolute Gasteiger partial charge is 0.191 e. The minimum atomic E-state index is 0. The van der Waals surface area contributed by atoms with E-state index < -0.39 is 0 Å². The van der Waals surface area contributed by atoms with E-state index in [-0.39, 0.29) is 28.7 Å². The molecule has 24 heavy (non-hydrogen) atoms. The summed E-state index contributed by atoms with van der Waals surface area (Å²) in [5, 5.41) is 8.12. The summed E-state index contributed by atoms with van der Waals surface area (Å²) in [5.41, 5.74) is 1.38. The highest BCUT2D eigenvalue weighted by Crippen LogP contribution is 2.27. The van der Waals surface area contributed by atoms with Gasteiger partial charge in [-0.05, 0) is 52.2 Å². The number of aryl methyl sites for hydroxylation is 3. The van der Waals surface area contributed by atoms with Gasteiger partial charge in [0.2, 0.25) is 0 Å². The average molecular weight is 483 g/mol. The lowest BCUT2D eigenvalue weighted by atomic mass is 10.0. The predicted octanol–water partition coefficient (Wildman–Crippen LogP) is 3.88. The van der Waals surface area contributed by atoms with Crippen LogP contribution < -0.4 is 10.6 Å². The summed E-state index contributed by atoms with van der Waals surface area (Å²) in [4.78, 5) is 10.6. The van der Waals surface area contributed by atoms with Gasteiger partial charge in [0, 0.05) is 36.2 Å². The van der Waals surface area contributed by atoms with Gasteiger partial charge >= 0.3 is 0 Å². The van der Waals surface area contributed by atoms with Crippen LogP contribution in [0.1, 0.15) is 48.7 Å². The molecule has 1 heterocycles. The quantitative estimate of drug-likeness (QED) is 0.268. The highest BCUT2D eigenvalue weighted by atomic mass is 127. The molecule has 1 aliphatic rings. The van der Waals surface area contributed by atoms with E-state index in [9.17, 15) is 0 Å². The Hall–Kier alpha value is -0.0200. The van der Waals surface area contributed by atoms with Crippen LogP contribution in [0, 0.1) is 0 Å². The van der Waals surface area contributed by atoms with E-state index in [2.05, 4.69) is 35.7 Å². The molecule has 7 heteroatoms. The molecule has 1 aromatic heterocycles. The maximum atomic E-state index is 4.81. The summed E-state index contributed by atoms with van der Waals surface area (Å²) in [5.74, 6) is 0.894. The normalized spacial score (nSPS) is 14.8. The molecule has 2 N–H and O–H groups in total. The third-order valence-electron chi connectivity index (χ3n) is 4.21. The highest BCUT2D eigenvalue weighted by molar-refractivity contribution is 14.0. The summed E-state index contributed by atoms with van der Waals surface area (Å²) in [7, 11) is 1.83. The van der Waals surface area contributed by atoms with Crippen LogP contribution in [0.25, 0.3) is 0 Å². The van der Waals surface area contributed by atoms with Crippen molar-refractivity contribution >= 4 is 53.0 Å². The average Bonchev–Trinajstić information content (AvgIpc) is 2.97. The number of guanidine groups is 1. The zero-order chi connectivity index (χ0) is 16.7. The fourth-order valence-electron chi connectivity index (χ4n) is 2.55. The van der Waals surface area contributed by atoms with Gasteiger partial charge in [0.05, 0.1) is 10.7 Å². The lowest BCUT2D eigenvalue weighted by Gasteiger charge is -2.23. The molecule has 0 fully saturated rings. The molecular weight excluding hydrogens is 451 g/mol. The van der Waals surface area contributed by atoms with Gasteiger partial charge in [0.15, 0.2) is 5.96 Å². The summed E-state index contributed by atoms with van der Waals surface area (Å²) < 4.78 is 0.220. The molecule has 1 aromatic rings. The van der Waals surface area contributed by atoms with Crippen molar-refractivity contribution in [2.45, 2.75) is 57.1 Å². The minimum absolute atomic E-state index is 0. The standard InChI is InChI=1S/C17H30N4S2.HI/c1-17(2,22-4)12-20-16(18-3)19-11-7-10-15-21-13-8-5-6-9-14(13)23-15;/h5-12H2,1-4H3,(H2,18,19,20);1H. The fraction of sp³-hybridized carbons (Fsp3) is 0.765. The SMILES string of the molecule is CN=C(NCCCc1nc2c(s1)CCCC2)NCC(C)(C)SC.I. The van der Waals surface area contributed by atoms with E-state index in [0.29, 0.717) is 0 Å². The van der Waals surface area contributed by atoms with Crippen LogP contribution in [0.3, 0.4) is 0 Å². The molecule has 0 amide bonds. The van der Waals surface area contributed by atoms with Crippen LogP contribution >= 0.6 is 47.1 Å². The summed E-state index contributed by atoms with van der Waals surface area (Å²) in [6.07, 6.45) is 9.39. The van der Waals surface area contributed by atoms with E-state index in [4.69, 9.17) is 4.98 Å². The highest BCUT2D eigenvalue weighted by Gasteiger charge is 2.16. The molecule has 0 atom stereocenters. The number of thioether (sulfide) groups is 1. The van der Waals surface area contributed by atoms with Crippen LogP contribution in [-0.2, 0) is 19.3 Å². The Bertz CT molecular complexity index is 505. The molecule has 0 saturated heterocycles. The van der Waals surface area contributed by atoms with E-state index in [1.165, 1.54) is 41.3 Å². The second-order valence-corrected chi connectivity index (χ2v) is 9.29. The third kappa shape index (κ3) is 7.07. The second kappa shape index (κ2) is 10.9. The number of thiazole rings is 1. The van der Waals surface area contributed by atoms with E-state index in [1.54, 1.807) is 0 Å². The van der Waals surface area contributed by atoms with Crippen molar-refractivity contribution < 1.29 is 0 Å². The lowest BCUT2D eigenvalue weighted by molar-refractivity contribution is 0.658. The Morgan fingerprint density at radius 3 is 2.71 bits per heavy atom. The first-order valence-electron chi connectivity index (χ1n) is 8.51. The Morgan fingerprint density at radius 1 is 1.29 bits per heavy atom. The van der Waals surface area contributed by atoms with Crippen molar-refractivity contribution in [3.63, 3.8) is 0 Å². The molecule has 0 radical (unpaired) electrons. The molecule has 0 unspecified atom stereocenters. The van der Waals surface area contributed by atoms with Crippen LogP contribution in [0.15, 0.2) is 4.99 Å². The van der Waals surface area contributed by atoms with Crippen molar-refractivity contribution in [3.05, 3.63) is 15.6 Å². The largest absolute Gasteiger partial charge is 0.356 e. The number of fused-ring (bicyclic) bond motifs is 1. The first kappa shape index (κ1) is 22.0. The van der Waals surface area contributed by atoms with Crippen molar-refractivity contribution in [3.8, 4) is 0 Å². The predicted molar refractivity (Wildman–Crippen MR) is 119 cm³/mol. The minimum Gasteiger partial charge on any atom is -0.356 e. The number of nitrogens with zero attached hydrogens (tertiary/aromatic N) is 2. The Morgan fingerprint density at radius 2 is 2.04 bits per heavy atom. The van der Waals surface area contributed by atoms with E-state index >= 15 is 0 Å². The maximum absolute atomic E-state index is 4.81. The van der Waals surface area contributed by atoms with E-state index in [1.807, 2.05) is 30.1 Å². The fourth-order valence-corrected chi connectivity index (χ4v) is 3.96. The maximum Gasteiger partial charge on any atom is 0.191 e. The van der Waals surface area contributed by atoms with Gasteiger partial charge in [-0.2, -0.15) is 11.8 Å².